The molecule has 1 aromatic heterocycles. The van der Waals surface area contributed by atoms with Gasteiger partial charge in [0.15, 0.2) is 0 Å². The summed E-state index contributed by atoms with van der Waals surface area (Å²) < 4.78 is 39.8. The Morgan fingerprint density at radius 2 is 1.79 bits per heavy atom. The van der Waals surface area contributed by atoms with Crippen LogP contribution >= 0.6 is 7.60 Å². The number of hydrogen-bond acceptors (Lipinski definition) is 4. The molecule has 1 aliphatic heterocycles. The molecule has 13 heteroatoms. The molecule has 10 nitrogen and oxygen atoms in total. The van der Waals surface area contributed by atoms with Gasteiger partial charge in [0, 0.05) is 23.0 Å². The number of aromatic amines is 1. The van der Waals surface area contributed by atoms with Crippen molar-refractivity contribution in [2.75, 3.05) is 6.54 Å². The Morgan fingerprint density at radius 1 is 1.07 bits per heavy atom. The van der Waals surface area contributed by atoms with E-state index in [1.807, 2.05) is 24.3 Å². The summed E-state index contributed by atoms with van der Waals surface area (Å²) in [6, 6.07) is 10.4. The van der Waals surface area contributed by atoms with Crippen LogP contribution in [0.5, 0.6) is 0 Å². The highest BCUT2D eigenvalue weighted by Gasteiger charge is 2.50. The van der Waals surface area contributed by atoms with Gasteiger partial charge in [0.05, 0.1) is 6.04 Å². The smallest absolute Gasteiger partial charge is 0.351 e. The standard InChI is InChI=1S/C30H35F2N4O6P/c1-29(2,3)25(35-26(37)23-16-18-15-19(11-13-21(18)33-23)30(31,32)43(40,41)42)28(39)36-14-6-9-24(36)27(38)34-22-12-10-17-7-4-5-8-20(17)22/h4-5,7-8,11,13,15-16,22,24-25,33H,6,9-10,12,14H2,1-3H3,(H,34,38)(H,35,37)(H2,40,41,42)/t22?,24-,25?/m0/s1. The van der Waals surface area contributed by atoms with Gasteiger partial charge >= 0.3 is 13.3 Å². The van der Waals surface area contributed by atoms with Crippen LogP contribution in [0.4, 0.5) is 8.78 Å². The Bertz CT molecular complexity index is 1630. The van der Waals surface area contributed by atoms with Gasteiger partial charge in [-0.1, -0.05) is 51.1 Å². The molecule has 3 atom stereocenters. The first-order chi connectivity index (χ1) is 20.1. The highest BCUT2D eigenvalue weighted by atomic mass is 31.2. The lowest BCUT2D eigenvalue weighted by Gasteiger charge is -2.35. The Balaban J connectivity index is 1.33. The van der Waals surface area contributed by atoms with Gasteiger partial charge in [0.25, 0.3) is 5.91 Å². The van der Waals surface area contributed by atoms with Crippen LogP contribution in [-0.4, -0.2) is 56.0 Å². The predicted octanol–water partition coefficient (Wildman–Crippen LogP) is 4.33. The quantitative estimate of drug-likeness (QED) is 0.249. The van der Waals surface area contributed by atoms with Crippen LogP contribution in [0.3, 0.4) is 0 Å². The molecule has 5 N–H and O–H groups in total. The Kier molecular flexibility index (Phi) is 8.00. The number of fused-ring (bicyclic) bond motifs is 2. The zero-order chi connectivity index (χ0) is 31.3. The minimum Gasteiger partial charge on any atom is -0.351 e. The average Bonchev–Trinajstić information content (AvgIpc) is 3.68. The molecule has 1 fully saturated rings. The zero-order valence-corrected chi connectivity index (χ0v) is 25.0. The van der Waals surface area contributed by atoms with Crippen molar-refractivity contribution in [2.45, 2.75) is 70.2 Å². The second kappa shape index (κ2) is 11.2. The third-order valence-electron chi connectivity index (χ3n) is 8.25. The molecule has 5 rings (SSSR count). The summed E-state index contributed by atoms with van der Waals surface area (Å²) in [5.74, 6) is -1.30. The summed E-state index contributed by atoms with van der Waals surface area (Å²) in [6.07, 6.45) is 2.79. The van der Waals surface area contributed by atoms with E-state index in [9.17, 15) is 27.7 Å². The second-order valence-corrected chi connectivity index (χ2v) is 14.0. The van der Waals surface area contributed by atoms with Crippen LogP contribution in [0.15, 0.2) is 48.5 Å². The number of nitrogens with zero attached hydrogens (tertiary/aromatic N) is 1. The van der Waals surface area contributed by atoms with E-state index in [1.54, 1.807) is 20.8 Å². The first-order valence-electron chi connectivity index (χ1n) is 14.1. The lowest BCUT2D eigenvalue weighted by molar-refractivity contribution is -0.142. The van der Waals surface area contributed by atoms with Crippen molar-refractivity contribution in [1.29, 1.82) is 0 Å². The molecule has 1 saturated heterocycles. The molecule has 3 amide bonds. The van der Waals surface area contributed by atoms with E-state index in [0.29, 0.717) is 24.9 Å². The first-order valence-corrected chi connectivity index (χ1v) is 15.8. The van der Waals surface area contributed by atoms with Gasteiger partial charge in [-0.2, -0.15) is 8.78 Å². The number of aromatic nitrogens is 1. The summed E-state index contributed by atoms with van der Waals surface area (Å²) in [7, 11) is -5.77. The fourth-order valence-corrected chi connectivity index (χ4v) is 6.39. The van der Waals surface area contributed by atoms with E-state index in [0.717, 1.165) is 30.5 Å². The molecule has 2 aliphatic rings. The maximum atomic E-state index is 14.2. The maximum absolute atomic E-state index is 14.2. The minimum absolute atomic E-state index is 0.0238. The summed E-state index contributed by atoms with van der Waals surface area (Å²) in [6.45, 7) is 5.73. The summed E-state index contributed by atoms with van der Waals surface area (Å²) in [4.78, 5) is 63.1. The summed E-state index contributed by atoms with van der Waals surface area (Å²) in [5, 5.41) is 6.02. The van der Waals surface area contributed by atoms with Gasteiger partial charge in [-0.15, -0.1) is 0 Å². The third-order valence-corrected chi connectivity index (χ3v) is 9.24. The van der Waals surface area contributed by atoms with Gasteiger partial charge in [-0.3, -0.25) is 18.9 Å². The zero-order valence-electron chi connectivity index (χ0n) is 24.1. The average molecular weight is 617 g/mol. The highest BCUT2D eigenvalue weighted by Crippen LogP contribution is 2.59. The van der Waals surface area contributed by atoms with Crippen LogP contribution < -0.4 is 10.6 Å². The Hall–Kier alpha value is -3.60. The number of rotatable bonds is 7. The molecule has 2 unspecified atom stereocenters. The normalized spacial score (nSPS) is 19.7. The van der Waals surface area contributed by atoms with Crippen molar-refractivity contribution < 1.29 is 37.5 Å². The van der Waals surface area contributed by atoms with E-state index in [4.69, 9.17) is 9.79 Å². The molecule has 43 heavy (non-hydrogen) atoms. The number of benzene rings is 2. The van der Waals surface area contributed by atoms with Crippen LogP contribution in [0.2, 0.25) is 0 Å². The third kappa shape index (κ3) is 5.96. The molecule has 230 valence electrons. The molecular weight excluding hydrogens is 581 g/mol. The Labute approximate surface area is 247 Å². The molecule has 0 bridgehead atoms. The fourth-order valence-electron chi connectivity index (χ4n) is 5.91. The van der Waals surface area contributed by atoms with Gasteiger partial charge in [0.2, 0.25) is 11.8 Å². The van der Waals surface area contributed by atoms with Crippen molar-refractivity contribution in [3.8, 4) is 0 Å². The molecule has 2 aromatic carbocycles. The van der Waals surface area contributed by atoms with Gasteiger partial charge in [-0.25, -0.2) is 0 Å². The van der Waals surface area contributed by atoms with Crippen molar-refractivity contribution in [2.24, 2.45) is 5.41 Å². The SMILES string of the molecule is CC(C)(C)C(NC(=O)c1cc2cc(C(F)(F)P(=O)(O)O)ccc2[nH]1)C(=O)N1CCC[C@H]1C(=O)NC1CCc2ccccc21. The minimum atomic E-state index is -5.77. The largest absolute Gasteiger partial charge is 0.399 e. The first kappa shape index (κ1) is 30.8. The van der Waals surface area contributed by atoms with E-state index in [1.165, 1.54) is 22.6 Å². The number of aryl methyl sites for hydroxylation is 1. The number of amides is 3. The maximum Gasteiger partial charge on any atom is 0.399 e. The van der Waals surface area contributed by atoms with Gasteiger partial charge in [0.1, 0.15) is 17.8 Å². The molecule has 0 saturated carbocycles. The lowest BCUT2D eigenvalue weighted by atomic mass is 9.85. The van der Waals surface area contributed by atoms with Crippen LogP contribution in [0, 0.1) is 5.41 Å². The number of nitrogens with one attached hydrogen (secondary N) is 3. The molecule has 0 radical (unpaired) electrons. The van der Waals surface area contributed by atoms with Crippen molar-refractivity contribution in [1.82, 2.24) is 20.5 Å². The molecule has 0 spiro atoms. The van der Waals surface area contributed by atoms with E-state index >= 15 is 0 Å². The number of halogens is 2. The summed E-state index contributed by atoms with van der Waals surface area (Å²) in [5.41, 5.74) is -3.48. The van der Waals surface area contributed by atoms with Gasteiger partial charge in [-0.05, 0) is 60.4 Å². The van der Waals surface area contributed by atoms with Crippen molar-refractivity contribution >= 4 is 36.2 Å². The van der Waals surface area contributed by atoms with Gasteiger partial charge < -0.3 is 30.3 Å². The van der Waals surface area contributed by atoms with Crippen LogP contribution in [0.1, 0.15) is 73.3 Å². The Morgan fingerprint density at radius 3 is 2.49 bits per heavy atom. The number of H-pyrrole nitrogens is 1. The number of alkyl halides is 2. The van der Waals surface area contributed by atoms with Crippen LogP contribution in [0.25, 0.3) is 10.9 Å². The number of carbonyl (C=O) groups is 3. The number of likely N-dealkylation sites (tertiary alicyclic amines) is 1. The summed E-state index contributed by atoms with van der Waals surface area (Å²) >= 11 is 0. The predicted molar refractivity (Wildman–Crippen MR) is 155 cm³/mol. The van der Waals surface area contributed by atoms with Crippen LogP contribution in [-0.2, 0) is 26.2 Å². The fraction of sp³-hybridized carbons (Fsp3) is 0.433. The van der Waals surface area contributed by atoms with Crippen molar-refractivity contribution in [3.05, 3.63) is 70.9 Å². The monoisotopic (exact) mass is 616 g/mol. The van der Waals surface area contributed by atoms with E-state index < -0.39 is 48.1 Å². The molecule has 1 aliphatic carbocycles. The second-order valence-electron chi connectivity index (χ2n) is 12.3. The van der Waals surface area contributed by atoms with Crippen molar-refractivity contribution in [3.63, 3.8) is 0 Å². The van der Waals surface area contributed by atoms with E-state index in [-0.39, 0.29) is 23.0 Å². The number of hydrogen-bond donors (Lipinski definition) is 5. The lowest BCUT2D eigenvalue weighted by Crippen LogP contribution is -2.57. The molecular formula is C30H35F2N4O6P. The molecule has 2 heterocycles. The van der Waals surface area contributed by atoms with E-state index in [2.05, 4.69) is 15.6 Å². The number of carbonyl (C=O) groups excluding carboxylic acids is 3. The molecule has 3 aromatic rings. The topological polar surface area (TPSA) is 152 Å². The highest BCUT2D eigenvalue weighted by molar-refractivity contribution is 7.52.